The molecule has 1 N–H and O–H groups in total. The van der Waals surface area contributed by atoms with Crippen LogP contribution in [0.4, 0.5) is 11.4 Å². The molecule has 6 nitrogen and oxygen atoms in total. The van der Waals surface area contributed by atoms with Gasteiger partial charge >= 0.3 is 5.97 Å². The van der Waals surface area contributed by atoms with E-state index in [0.29, 0.717) is 11.3 Å². The molecule has 204 valence electrons. The highest BCUT2D eigenvalue weighted by Crippen LogP contribution is 2.57. The van der Waals surface area contributed by atoms with Crippen LogP contribution in [0.25, 0.3) is 6.08 Å². The summed E-state index contributed by atoms with van der Waals surface area (Å²) in [6.07, 6.45) is 8.32. The van der Waals surface area contributed by atoms with E-state index in [-0.39, 0.29) is 18.3 Å². The third kappa shape index (κ3) is 3.88. The van der Waals surface area contributed by atoms with E-state index in [1.807, 2.05) is 89.8 Å². The second-order valence-electron chi connectivity index (χ2n) is 10.8. The van der Waals surface area contributed by atoms with Crippen molar-refractivity contribution in [3.8, 4) is 0 Å². The Kier molecular flexibility index (Phi) is 6.78. The largest absolute Gasteiger partial charge is 0.464 e. The van der Waals surface area contributed by atoms with Gasteiger partial charge in [-0.25, -0.2) is 4.79 Å². The molecular formula is C34H34N2O4. The summed E-state index contributed by atoms with van der Waals surface area (Å²) in [6, 6.07) is 21.5. The SMILES string of the molecule is CCCCCc1ccc(C(=O)[C@@H]2[C@@H](C(=O)OCC)N3c4ccccc4C=C[C@@H]3[C@@]23C(=O)Nc2ccccc23)cc1. The summed E-state index contributed by atoms with van der Waals surface area (Å²) in [5.74, 6) is -2.00. The van der Waals surface area contributed by atoms with Crippen molar-refractivity contribution in [2.24, 2.45) is 5.92 Å². The van der Waals surface area contributed by atoms with Crippen molar-refractivity contribution in [1.29, 1.82) is 0 Å². The predicted molar refractivity (Wildman–Crippen MR) is 156 cm³/mol. The Morgan fingerprint density at radius 2 is 1.70 bits per heavy atom. The molecule has 6 rings (SSSR count). The number of carbonyl (C=O) groups excluding carboxylic acids is 3. The predicted octanol–water partition coefficient (Wildman–Crippen LogP) is 5.96. The number of amides is 1. The smallest absolute Gasteiger partial charge is 0.329 e. The highest BCUT2D eigenvalue weighted by atomic mass is 16.5. The van der Waals surface area contributed by atoms with Gasteiger partial charge in [-0.3, -0.25) is 9.59 Å². The lowest BCUT2D eigenvalue weighted by Gasteiger charge is -2.37. The van der Waals surface area contributed by atoms with Crippen LogP contribution in [-0.4, -0.2) is 36.4 Å². The van der Waals surface area contributed by atoms with E-state index < -0.39 is 29.4 Å². The lowest BCUT2D eigenvalue weighted by Crippen LogP contribution is -2.51. The number of para-hydroxylation sites is 2. The van der Waals surface area contributed by atoms with Crippen molar-refractivity contribution in [2.75, 3.05) is 16.8 Å². The number of aryl methyl sites for hydroxylation is 1. The molecule has 3 aromatic rings. The van der Waals surface area contributed by atoms with Crippen LogP contribution >= 0.6 is 0 Å². The number of rotatable bonds is 8. The number of ether oxygens (including phenoxy) is 1. The summed E-state index contributed by atoms with van der Waals surface area (Å²) in [7, 11) is 0. The van der Waals surface area contributed by atoms with E-state index in [4.69, 9.17) is 4.74 Å². The Labute approximate surface area is 235 Å². The molecule has 0 radical (unpaired) electrons. The summed E-state index contributed by atoms with van der Waals surface area (Å²) in [5, 5.41) is 3.05. The molecule has 3 aromatic carbocycles. The number of hydrogen-bond donors (Lipinski definition) is 1. The minimum absolute atomic E-state index is 0.175. The normalized spacial score (nSPS) is 23.9. The van der Waals surface area contributed by atoms with Gasteiger partial charge in [0.05, 0.1) is 18.6 Å². The Morgan fingerprint density at radius 3 is 2.48 bits per heavy atom. The quantitative estimate of drug-likeness (QED) is 0.219. The summed E-state index contributed by atoms with van der Waals surface area (Å²) < 4.78 is 5.62. The number of benzene rings is 3. The Bertz CT molecular complexity index is 1490. The lowest BCUT2D eigenvalue weighted by molar-refractivity contribution is -0.145. The van der Waals surface area contributed by atoms with Gasteiger partial charge in [-0.05, 0) is 48.6 Å². The van der Waals surface area contributed by atoms with Gasteiger partial charge in [-0.2, -0.15) is 0 Å². The first kappa shape index (κ1) is 26.1. The maximum atomic E-state index is 14.7. The van der Waals surface area contributed by atoms with Crippen molar-refractivity contribution in [3.05, 3.63) is 101 Å². The molecule has 4 atom stereocenters. The number of ketones is 1. The molecule has 3 heterocycles. The van der Waals surface area contributed by atoms with Crippen LogP contribution in [0.15, 0.2) is 78.9 Å². The van der Waals surface area contributed by atoms with Crippen LogP contribution in [0.3, 0.4) is 0 Å². The van der Waals surface area contributed by atoms with E-state index in [0.717, 1.165) is 42.5 Å². The molecule has 3 aliphatic heterocycles. The number of hydrogen-bond acceptors (Lipinski definition) is 5. The van der Waals surface area contributed by atoms with Crippen molar-refractivity contribution < 1.29 is 19.1 Å². The minimum atomic E-state index is -1.31. The van der Waals surface area contributed by atoms with Crippen molar-refractivity contribution >= 4 is 35.1 Å². The number of fused-ring (bicyclic) bond motifs is 6. The fourth-order valence-electron chi connectivity index (χ4n) is 6.91. The monoisotopic (exact) mass is 534 g/mol. The number of anilines is 2. The third-order valence-corrected chi connectivity index (χ3v) is 8.66. The molecule has 1 spiro atoms. The zero-order valence-electron chi connectivity index (χ0n) is 22.9. The van der Waals surface area contributed by atoms with Crippen LogP contribution < -0.4 is 10.2 Å². The summed E-state index contributed by atoms with van der Waals surface area (Å²) in [6.45, 7) is 4.11. The number of esters is 1. The van der Waals surface area contributed by atoms with E-state index in [1.165, 1.54) is 5.56 Å². The second kappa shape index (κ2) is 10.4. The number of nitrogens with one attached hydrogen (secondary N) is 1. The van der Waals surface area contributed by atoms with Gasteiger partial charge in [0.1, 0.15) is 11.5 Å². The van der Waals surface area contributed by atoms with E-state index in [9.17, 15) is 14.4 Å². The van der Waals surface area contributed by atoms with E-state index in [2.05, 4.69) is 12.2 Å². The van der Waals surface area contributed by atoms with Gasteiger partial charge in [0.25, 0.3) is 0 Å². The molecule has 1 fully saturated rings. The van der Waals surface area contributed by atoms with E-state index in [1.54, 1.807) is 6.92 Å². The van der Waals surface area contributed by atoms with E-state index >= 15 is 0 Å². The van der Waals surface area contributed by atoms with Crippen LogP contribution in [0, 0.1) is 5.92 Å². The average molecular weight is 535 g/mol. The van der Waals surface area contributed by atoms with Crippen molar-refractivity contribution in [2.45, 2.75) is 57.0 Å². The number of Topliss-reactive ketones (excluding diaryl/α,β-unsaturated/α-hetero) is 1. The van der Waals surface area contributed by atoms with Gasteiger partial charge in [0.15, 0.2) is 5.78 Å². The average Bonchev–Trinajstić information content (AvgIpc) is 3.46. The van der Waals surface area contributed by atoms with Crippen molar-refractivity contribution in [1.82, 2.24) is 0 Å². The second-order valence-corrected chi connectivity index (χ2v) is 10.8. The maximum Gasteiger partial charge on any atom is 0.329 e. The first-order valence-corrected chi connectivity index (χ1v) is 14.3. The molecule has 3 aliphatic rings. The topological polar surface area (TPSA) is 75.7 Å². The molecule has 0 saturated carbocycles. The summed E-state index contributed by atoms with van der Waals surface area (Å²) >= 11 is 0. The third-order valence-electron chi connectivity index (χ3n) is 8.66. The number of nitrogens with zero attached hydrogens (tertiary/aromatic N) is 1. The molecule has 1 saturated heterocycles. The van der Waals surface area contributed by atoms with Crippen LogP contribution in [0.5, 0.6) is 0 Å². The Balaban J connectivity index is 1.53. The van der Waals surface area contributed by atoms with Gasteiger partial charge in [0.2, 0.25) is 5.91 Å². The highest BCUT2D eigenvalue weighted by Gasteiger charge is 2.70. The summed E-state index contributed by atoms with van der Waals surface area (Å²) in [4.78, 5) is 44.7. The highest BCUT2D eigenvalue weighted by molar-refractivity contribution is 6.16. The zero-order valence-corrected chi connectivity index (χ0v) is 22.9. The van der Waals surface area contributed by atoms with Gasteiger partial charge in [-0.1, -0.05) is 92.6 Å². The number of unbranched alkanes of at least 4 members (excludes halogenated alkanes) is 2. The fraction of sp³-hybridized carbons (Fsp3) is 0.324. The molecule has 40 heavy (non-hydrogen) atoms. The minimum Gasteiger partial charge on any atom is -0.464 e. The molecule has 0 unspecified atom stereocenters. The lowest BCUT2D eigenvalue weighted by atomic mass is 9.64. The van der Waals surface area contributed by atoms with Crippen LogP contribution in [-0.2, 0) is 26.2 Å². The van der Waals surface area contributed by atoms with Crippen LogP contribution in [0.2, 0.25) is 0 Å². The number of carbonyl (C=O) groups is 3. The molecule has 0 aromatic heterocycles. The van der Waals surface area contributed by atoms with Gasteiger partial charge in [0, 0.05) is 16.9 Å². The Morgan fingerprint density at radius 1 is 0.950 bits per heavy atom. The first-order valence-electron chi connectivity index (χ1n) is 14.3. The molecule has 6 heteroatoms. The zero-order chi connectivity index (χ0) is 27.9. The maximum absolute atomic E-state index is 14.7. The van der Waals surface area contributed by atoms with Crippen molar-refractivity contribution in [3.63, 3.8) is 0 Å². The van der Waals surface area contributed by atoms with Crippen LogP contribution in [0.1, 0.15) is 60.2 Å². The fourth-order valence-corrected chi connectivity index (χ4v) is 6.91. The summed E-state index contributed by atoms with van der Waals surface area (Å²) in [5.41, 5.74) is 3.51. The molecule has 1 amide bonds. The molecule has 0 aliphatic carbocycles. The van der Waals surface area contributed by atoms with Gasteiger partial charge < -0.3 is 15.0 Å². The molecule has 0 bridgehead atoms. The Hall–Kier alpha value is -4.19. The first-order chi connectivity index (χ1) is 19.5. The standard InChI is InChI=1S/C34H34N2O4/c1-3-5-6-11-22-16-18-24(19-17-22)31(37)29-30(32(38)40-4-2)36-27-15-10-7-12-23(27)20-21-28(36)34(29)25-13-8-9-14-26(25)35-33(34)39/h7-10,12-21,28-30H,3-6,11H2,1-2H3,(H,35,39)/t28-,29+,30+,34-/m1/s1. The van der Waals surface area contributed by atoms with Gasteiger partial charge in [-0.15, -0.1) is 0 Å². The molecular weight excluding hydrogens is 500 g/mol.